The fraction of sp³-hybridized carbons (Fsp3) is 0.158. The number of hydrazone groups is 1. The quantitative estimate of drug-likeness (QED) is 0.883. The third-order valence-corrected chi connectivity index (χ3v) is 3.73. The Bertz CT molecular complexity index is 747. The van der Waals surface area contributed by atoms with Gasteiger partial charge < -0.3 is 5.32 Å². The number of benzene rings is 2. The third-order valence-electron chi connectivity index (χ3n) is 3.73. The Morgan fingerprint density at radius 3 is 2.48 bits per heavy atom. The van der Waals surface area contributed by atoms with Gasteiger partial charge in [-0.05, 0) is 17.7 Å². The van der Waals surface area contributed by atoms with E-state index in [1.165, 1.54) is 0 Å². The summed E-state index contributed by atoms with van der Waals surface area (Å²) in [6.07, 6.45) is 5.75. The van der Waals surface area contributed by atoms with E-state index < -0.39 is 0 Å². The molecule has 1 N–H and O–H groups in total. The number of anilines is 1. The van der Waals surface area contributed by atoms with Gasteiger partial charge in [-0.1, -0.05) is 54.5 Å². The molecule has 114 valence electrons. The Kier molecular flexibility index (Phi) is 4.39. The maximum atomic E-state index is 12.2. The van der Waals surface area contributed by atoms with Crippen LogP contribution in [0.15, 0.2) is 65.8 Å². The molecule has 2 aromatic rings. The smallest absolute Gasteiger partial charge is 0.268 e. The Balaban J connectivity index is 1.91. The summed E-state index contributed by atoms with van der Waals surface area (Å²) in [5.41, 5.74) is 2.58. The maximum absolute atomic E-state index is 12.2. The highest BCUT2D eigenvalue weighted by atomic mass is 16.2. The Labute approximate surface area is 135 Å². The second-order valence-electron chi connectivity index (χ2n) is 5.24. The lowest BCUT2D eigenvalue weighted by atomic mass is 10.0. The number of carbonyl (C=O) groups is 1. The van der Waals surface area contributed by atoms with Crippen molar-refractivity contribution in [2.45, 2.75) is 12.5 Å². The molecule has 0 spiro atoms. The largest absolute Gasteiger partial charge is 0.340 e. The fourth-order valence-electron chi connectivity index (χ4n) is 2.63. The van der Waals surface area contributed by atoms with Crippen molar-refractivity contribution in [2.75, 3.05) is 11.6 Å². The molecule has 1 heterocycles. The van der Waals surface area contributed by atoms with E-state index >= 15 is 0 Å². The van der Waals surface area contributed by atoms with Gasteiger partial charge in [0.05, 0.1) is 18.3 Å². The SMILES string of the molecule is C#CCNC(=O)C1=NN(c2ccccc2)C(c2ccccc2)C1. The number of hydrogen-bond donors (Lipinski definition) is 1. The zero-order valence-corrected chi connectivity index (χ0v) is 12.6. The minimum Gasteiger partial charge on any atom is -0.340 e. The maximum Gasteiger partial charge on any atom is 0.268 e. The summed E-state index contributed by atoms with van der Waals surface area (Å²) >= 11 is 0. The van der Waals surface area contributed by atoms with Crippen molar-refractivity contribution in [2.24, 2.45) is 5.10 Å². The van der Waals surface area contributed by atoms with Crippen LogP contribution in [-0.2, 0) is 4.79 Å². The predicted molar refractivity (Wildman–Crippen MR) is 92.0 cm³/mol. The first kappa shape index (κ1) is 14.9. The number of nitrogens with zero attached hydrogens (tertiary/aromatic N) is 2. The van der Waals surface area contributed by atoms with Gasteiger partial charge in [0.1, 0.15) is 5.71 Å². The van der Waals surface area contributed by atoms with Crippen molar-refractivity contribution < 1.29 is 4.79 Å². The normalized spacial score (nSPS) is 16.6. The summed E-state index contributed by atoms with van der Waals surface area (Å²) in [6, 6.07) is 19.9. The molecule has 0 saturated carbocycles. The molecule has 0 fully saturated rings. The Morgan fingerprint density at radius 2 is 1.83 bits per heavy atom. The summed E-state index contributed by atoms with van der Waals surface area (Å²) in [7, 11) is 0. The molecule has 1 atom stereocenters. The molecule has 0 saturated heterocycles. The minimum absolute atomic E-state index is 0.00480. The lowest BCUT2D eigenvalue weighted by Crippen LogP contribution is -2.30. The lowest BCUT2D eigenvalue weighted by Gasteiger charge is -2.23. The fourth-order valence-corrected chi connectivity index (χ4v) is 2.63. The number of rotatable bonds is 4. The summed E-state index contributed by atoms with van der Waals surface area (Å²) in [6.45, 7) is 0.208. The molecule has 0 aliphatic carbocycles. The molecule has 1 amide bonds. The molecular weight excluding hydrogens is 286 g/mol. The molecular formula is C19H17N3O. The topological polar surface area (TPSA) is 44.7 Å². The molecule has 0 radical (unpaired) electrons. The van der Waals surface area contributed by atoms with Crippen molar-refractivity contribution in [1.29, 1.82) is 0 Å². The van der Waals surface area contributed by atoms with Crippen molar-refractivity contribution >= 4 is 17.3 Å². The number of nitrogens with one attached hydrogen (secondary N) is 1. The van der Waals surface area contributed by atoms with Crippen LogP contribution in [0.3, 0.4) is 0 Å². The Hall–Kier alpha value is -3.06. The van der Waals surface area contributed by atoms with E-state index in [-0.39, 0.29) is 18.5 Å². The van der Waals surface area contributed by atoms with E-state index in [9.17, 15) is 4.79 Å². The van der Waals surface area contributed by atoms with E-state index in [0.717, 1.165) is 11.3 Å². The van der Waals surface area contributed by atoms with Crippen LogP contribution in [0.1, 0.15) is 18.0 Å². The monoisotopic (exact) mass is 303 g/mol. The predicted octanol–water partition coefficient (Wildman–Crippen LogP) is 2.74. The number of hydrogen-bond acceptors (Lipinski definition) is 3. The van der Waals surface area contributed by atoms with Crippen LogP contribution in [0.2, 0.25) is 0 Å². The number of carbonyl (C=O) groups excluding carboxylic acids is 1. The molecule has 23 heavy (non-hydrogen) atoms. The van der Waals surface area contributed by atoms with Crippen molar-refractivity contribution in [3.63, 3.8) is 0 Å². The van der Waals surface area contributed by atoms with Crippen LogP contribution in [0.4, 0.5) is 5.69 Å². The Morgan fingerprint density at radius 1 is 1.17 bits per heavy atom. The van der Waals surface area contributed by atoms with Crippen molar-refractivity contribution in [3.8, 4) is 12.3 Å². The van der Waals surface area contributed by atoms with Gasteiger partial charge in [-0.15, -0.1) is 6.42 Å². The molecule has 1 unspecified atom stereocenters. The first-order valence-corrected chi connectivity index (χ1v) is 7.48. The molecule has 2 aromatic carbocycles. The molecule has 4 heteroatoms. The van der Waals surface area contributed by atoms with Gasteiger partial charge in [0, 0.05) is 6.42 Å². The van der Waals surface area contributed by atoms with E-state index in [2.05, 4.69) is 28.5 Å². The van der Waals surface area contributed by atoms with E-state index in [1.807, 2.05) is 53.5 Å². The summed E-state index contributed by atoms with van der Waals surface area (Å²) in [5.74, 6) is 2.20. The van der Waals surface area contributed by atoms with Crippen LogP contribution in [0, 0.1) is 12.3 Å². The minimum atomic E-state index is -0.206. The van der Waals surface area contributed by atoms with Crippen molar-refractivity contribution in [1.82, 2.24) is 5.32 Å². The van der Waals surface area contributed by atoms with Gasteiger partial charge in [0.25, 0.3) is 5.91 Å². The van der Waals surface area contributed by atoms with Gasteiger partial charge in [-0.3, -0.25) is 9.80 Å². The number of amides is 1. The van der Waals surface area contributed by atoms with Crippen LogP contribution in [0.5, 0.6) is 0 Å². The van der Waals surface area contributed by atoms with Gasteiger partial charge in [0.2, 0.25) is 0 Å². The van der Waals surface area contributed by atoms with Gasteiger partial charge in [-0.2, -0.15) is 5.10 Å². The van der Waals surface area contributed by atoms with E-state index in [4.69, 9.17) is 6.42 Å². The average Bonchev–Trinajstić information content (AvgIpc) is 3.06. The number of terminal acetylenes is 1. The van der Waals surface area contributed by atoms with Crippen LogP contribution < -0.4 is 10.3 Å². The molecule has 1 aliphatic rings. The van der Waals surface area contributed by atoms with Crippen LogP contribution >= 0.6 is 0 Å². The third kappa shape index (κ3) is 3.24. The van der Waals surface area contributed by atoms with Crippen molar-refractivity contribution in [3.05, 3.63) is 66.2 Å². The molecule has 0 aromatic heterocycles. The standard InChI is InChI=1S/C19H17N3O/c1-2-13-20-19(23)17-14-18(15-9-5-3-6-10-15)22(21-17)16-11-7-4-8-12-16/h1,3-12,18H,13-14H2,(H,20,23). The first-order chi connectivity index (χ1) is 11.3. The zero-order valence-electron chi connectivity index (χ0n) is 12.6. The van der Waals surface area contributed by atoms with Gasteiger partial charge in [0.15, 0.2) is 0 Å². The average molecular weight is 303 g/mol. The van der Waals surface area contributed by atoms with Crippen LogP contribution in [-0.4, -0.2) is 18.2 Å². The summed E-state index contributed by atoms with van der Waals surface area (Å²) in [4.78, 5) is 12.2. The van der Waals surface area contributed by atoms with Gasteiger partial charge in [-0.25, -0.2) is 0 Å². The number of para-hydroxylation sites is 1. The van der Waals surface area contributed by atoms with Crippen LogP contribution in [0.25, 0.3) is 0 Å². The highest BCUT2D eigenvalue weighted by molar-refractivity contribution is 6.39. The second kappa shape index (κ2) is 6.80. The summed E-state index contributed by atoms with van der Waals surface area (Å²) in [5, 5.41) is 9.13. The lowest BCUT2D eigenvalue weighted by molar-refractivity contribution is -0.114. The van der Waals surface area contributed by atoms with E-state index in [0.29, 0.717) is 12.1 Å². The first-order valence-electron chi connectivity index (χ1n) is 7.48. The van der Waals surface area contributed by atoms with Gasteiger partial charge >= 0.3 is 0 Å². The second-order valence-corrected chi connectivity index (χ2v) is 5.24. The molecule has 0 bridgehead atoms. The molecule has 3 rings (SSSR count). The molecule has 4 nitrogen and oxygen atoms in total. The molecule has 1 aliphatic heterocycles. The summed E-state index contributed by atoms with van der Waals surface area (Å²) < 4.78 is 0. The highest BCUT2D eigenvalue weighted by Gasteiger charge is 2.32. The highest BCUT2D eigenvalue weighted by Crippen LogP contribution is 2.34. The zero-order chi connectivity index (χ0) is 16.1. The van der Waals surface area contributed by atoms with E-state index in [1.54, 1.807) is 0 Å².